The Hall–Kier alpha value is -1.13. The van der Waals surface area contributed by atoms with Gasteiger partial charge in [-0.3, -0.25) is 0 Å². The summed E-state index contributed by atoms with van der Waals surface area (Å²) in [7, 11) is 0. The summed E-state index contributed by atoms with van der Waals surface area (Å²) >= 11 is 0. The molecule has 1 fully saturated rings. The van der Waals surface area contributed by atoms with Gasteiger partial charge in [-0.05, 0) is 24.5 Å². The van der Waals surface area contributed by atoms with E-state index in [4.69, 9.17) is 0 Å². The van der Waals surface area contributed by atoms with Crippen molar-refractivity contribution in [2.24, 2.45) is 5.92 Å². The highest BCUT2D eigenvalue weighted by Crippen LogP contribution is 2.24. The molecule has 12 heavy (non-hydrogen) atoms. The van der Waals surface area contributed by atoms with Gasteiger partial charge in [-0.1, -0.05) is 12.0 Å². The van der Waals surface area contributed by atoms with Crippen molar-refractivity contribution in [3.8, 4) is 0 Å². The van der Waals surface area contributed by atoms with Gasteiger partial charge in [0.05, 0.1) is 0 Å². The largest absolute Gasteiger partial charge is 0.335 e. The van der Waals surface area contributed by atoms with E-state index in [1.807, 2.05) is 0 Å². The molecule has 0 aliphatic carbocycles. The van der Waals surface area contributed by atoms with Crippen molar-refractivity contribution in [1.82, 2.24) is 20.6 Å². The van der Waals surface area contributed by atoms with Crippen LogP contribution >= 0.6 is 0 Å². The van der Waals surface area contributed by atoms with E-state index in [1.54, 1.807) is 0 Å². The maximum absolute atomic E-state index is 3.96. The molecule has 0 aromatic carbocycles. The van der Waals surface area contributed by atoms with Crippen molar-refractivity contribution < 1.29 is 0 Å². The highest BCUT2D eigenvalue weighted by atomic mass is 15.5. The molecule has 2 rings (SSSR count). The van der Waals surface area contributed by atoms with Crippen LogP contribution in [0, 0.1) is 5.92 Å². The summed E-state index contributed by atoms with van der Waals surface area (Å²) < 4.78 is 0. The first-order chi connectivity index (χ1) is 5.77. The number of aromatic amines is 1. The zero-order chi connectivity index (χ0) is 8.55. The third-order valence-corrected chi connectivity index (χ3v) is 2.37. The molecule has 5 nitrogen and oxygen atoms in total. The summed E-state index contributed by atoms with van der Waals surface area (Å²) in [5, 5.41) is 13.9. The van der Waals surface area contributed by atoms with Gasteiger partial charge in [0.25, 0.3) is 5.95 Å². The van der Waals surface area contributed by atoms with Crippen LogP contribution in [-0.2, 0) is 0 Å². The molecular weight excluding hydrogens is 154 g/mol. The number of nitrogens with one attached hydrogen (secondary N) is 1. The van der Waals surface area contributed by atoms with Crippen molar-refractivity contribution in [2.45, 2.75) is 26.3 Å². The molecule has 0 saturated carbocycles. The number of anilines is 1. The summed E-state index contributed by atoms with van der Waals surface area (Å²) in [5.41, 5.74) is 0. The molecule has 0 radical (unpaired) electrons. The van der Waals surface area contributed by atoms with Crippen LogP contribution in [0.5, 0.6) is 0 Å². The van der Waals surface area contributed by atoms with Crippen LogP contribution in [0.3, 0.4) is 0 Å². The third-order valence-electron chi connectivity index (χ3n) is 2.37. The number of H-pyrrole nitrogens is 1. The van der Waals surface area contributed by atoms with E-state index >= 15 is 0 Å². The fraction of sp³-hybridized carbons (Fsp3) is 0.857. The van der Waals surface area contributed by atoms with E-state index in [0.717, 1.165) is 18.4 Å². The minimum absolute atomic E-state index is 0.539. The van der Waals surface area contributed by atoms with E-state index < -0.39 is 0 Å². The lowest BCUT2D eigenvalue weighted by Crippen LogP contribution is -2.27. The second-order valence-electron chi connectivity index (χ2n) is 3.55. The minimum Gasteiger partial charge on any atom is -0.335 e. The standard InChI is InChI=1S/C7H13N5/c1-5-3-6(2)12(4-5)7-8-10-11-9-7/h5-6H,3-4H2,1-2H3,(H,8,9,10,11). The SMILES string of the molecule is CC1CC(C)N(c2nn[nH]n2)C1. The quantitative estimate of drug-likeness (QED) is 0.659. The van der Waals surface area contributed by atoms with E-state index in [1.165, 1.54) is 6.42 Å². The first-order valence-corrected chi connectivity index (χ1v) is 4.27. The van der Waals surface area contributed by atoms with Gasteiger partial charge in [-0.2, -0.15) is 5.21 Å². The molecule has 1 aliphatic heterocycles. The average Bonchev–Trinajstić information content (AvgIpc) is 2.58. The molecule has 1 aromatic rings. The Morgan fingerprint density at radius 1 is 1.50 bits per heavy atom. The fourth-order valence-corrected chi connectivity index (χ4v) is 1.86. The van der Waals surface area contributed by atoms with Crippen molar-refractivity contribution in [3.63, 3.8) is 0 Å². The normalized spacial score (nSPS) is 29.7. The van der Waals surface area contributed by atoms with Crippen LogP contribution < -0.4 is 4.90 Å². The number of aromatic nitrogens is 4. The van der Waals surface area contributed by atoms with Gasteiger partial charge in [-0.25, -0.2) is 0 Å². The van der Waals surface area contributed by atoms with Crippen molar-refractivity contribution in [3.05, 3.63) is 0 Å². The second-order valence-corrected chi connectivity index (χ2v) is 3.55. The van der Waals surface area contributed by atoms with Crippen LogP contribution in [-0.4, -0.2) is 33.2 Å². The molecule has 1 saturated heterocycles. The number of hydrogen-bond donors (Lipinski definition) is 1. The second kappa shape index (κ2) is 2.73. The van der Waals surface area contributed by atoms with Crippen LogP contribution in [0.1, 0.15) is 20.3 Å². The van der Waals surface area contributed by atoms with Gasteiger partial charge in [-0.15, -0.1) is 5.10 Å². The predicted molar refractivity (Wildman–Crippen MR) is 44.8 cm³/mol. The number of hydrogen-bond acceptors (Lipinski definition) is 4. The summed E-state index contributed by atoms with van der Waals surface area (Å²) in [4.78, 5) is 2.19. The first-order valence-electron chi connectivity index (χ1n) is 4.27. The van der Waals surface area contributed by atoms with Crippen LogP contribution in [0.2, 0.25) is 0 Å². The van der Waals surface area contributed by atoms with E-state index in [9.17, 15) is 0 Å². The summed E-state index contributed by atoms with van der Waals surface area (Å²) in [6, 6.07) is 0.539. The predicted octanol–water partition coefficient (Wildman–Crippen LogP) is 0.434. The molecule has 1 aromatic heterocycles. The summed E-state index contributed by atoms with van der Waals surface area (Å²) in [6.07, 6.45) is 1.22. The summed E-state index contributed by atoms with van der Waals surface area (Å²) in [5.74, 6) is 1.46. The van der Waals surface area contributed by atoms with Crippen molar-refractivity contribution in [1.29, 1.82) is 0 Å². The molecule has 1 aliphatic rings. The van der Waals surface area contributed by atoms with Gasteiger partial charge in [0.15, 0.2) is 0 Å². The molecule has 5 heteroatoms. The molecule has 2 heterocycles. The van der Waals surface area contributed by atoms with Crippen LogP contribution in [0.25, 0.3) is 0 Å². The molecular formula is C7H13N5. The molecule has 2 unspecified atom stereocenters. The number of tetrazole rings is 1. The Balaban J connectivity index is 2.15. The number of nitrogens with zero attached hydrogens (tertiary/aromatic N) is 4. The van der Waals surface area contributed by atoms with Crippen molar-refractivity contribution in [2.75, 3.05) is 11.4 Å². The Morgan fingerprint density at radius 2 is 2.33 bits per heavy atom. The smallest absolute Gasteiger partial charge is 0.266 e. The zero-order valence-corrected chi connectivity index (χ0v) is 7.36. The number of rotatable bonds is 1. The average molecular weight is 167 g/mol. The maximum atomic E-state index is 3.96. The zero-order valence-electron chi connectivity index (χ0n) is 7.36. The Labute approximate surface area is 71.1 Å². The minimum atomic E-state index is 0.539. The fourth-order valence-electron chi connectivity index (χ4n) is 1.86. The Morgan fingerprint density at radius 3 is 2.83 bits per heavy atom. The molecule has 2 atom stereocenters. The molecule has 66 valence electrons. The highest BCUT2D eigenvalue weighted by molar-refractivity contribution is 5.30. The van der Waals surface area contributed by atoms with E-state index in [-0.39, 0.29) is 0 Å². The molecule has 1 N–H and O–H groups in total. The lowest BCUT2D eigenvalue weighted by molar-refractivity contribution is 0.625. The van der Waals surface area contributed by atoms with Gasteiger partial charge >= 0.3 is 0 Å². The van der Waals surface area contributed by atoms with Crippen molar-refractivity contribution >= 4 is 5.95 Å². The lowest BCUT2D eigenvalue weighted by Gasteiger charge is -2.17. The Bertz CT molecular complexity index is 244. The lowest BCUT2D eigenvalue weighted by atomic mass is 10.1. The molecule has 0 spiro atoms. The summed E-state index contributed by atoms with van der Waals surface area (Å²) in [6.45, 7) is 5.48. The maximum Gasteiger partial charge on any atom is 0.266 e. The van der Waals surface area contributed by atoms with E-state index in [0.29, 0.717) is 6.04 Å². The van der Waals surface area contributed by atoms with Gasteiger partial charge in [0, 0.05) is 12.6 Å². The third kappa shape index (κ3) is 1.15. The highest BCUT2D eigenvalue weighted by Gasteiger charge is 2.28. The van der Waals surface area contributed by atoms with Crippen LogP contribution in [0.4, 0.5) is 5.95 Å². The topological polar surface area (TPSA) is 57.7 Å². The van der Waals surface area contributed by atoms with Gasteiger partial charge < -0.3 is 4.90 Å². The Kier molecular flexibility index (Phi) is 1.71. The first kappa shape index (κ1) is 7.52. The van der Waals surface area contributed by atoms with Gasteiger partial charge in [0.2, 0.25) is 0 Å². The molecule has 0 bridgehead atoms. The van der Waals surface area contributed by atoms with Gasteiger partial charge in [0.1, 0.15) is 0 Å². The van der Waals surface area contributed by atoms with E-state index in [2.05, 4.69) is 39.4 Å². The molecule has 0 amide bonds. The van der Waals surface area contributed by atoms with Crippen LogP contribution in [0.15, 0.2) is 0 Å². The monoisotopic (exact) mass is 167 g/mol.